The zero-order chi connectivity index (χ0) is 14.8. The summed E-state index contributed by atoms with van der Waals surface area (Å²) in [5, 5.41) is 7.23. The van der Waals surface area contributed by atoms with Crippen molar-refractivity contribution in [2.45, 2.75) is 31.6 Å². The molecule has 4 heteroatoms. The first-order chi connectivity index (χ1) is 10.9. The average Bonchev–Trinajstić information content (AvgIpc) is 3.24. The summed E-state index contributed by atoms with van der Waals surface area (Å²) in [5.41, 5.74) is 4.11. The third-order valence-electron chi connectivity index (χ3n) is 4.94. The van der Waals surface area contributed by atoms with Crippen LogP contribution in [-0.2, 0) is 12.8 Å². The number of aromatic amines is 1. The molecular formula is C18H23N3O. The minimum Gasteiger partial charge on any atom is -0.493 e. The molecule has 1 saturated heterocycles. The van der Waals surface area contributed by atoms with E-state index in [0.717, 1.165) is 38.3 Å². The van der Waals surface area contributed by atoms with Gasteiger partial charge in [-0.3, -0.25) is 5.10 Å². The fourth-order valence-corrected chi connectivity index (χ4v) is 3.69. The number of H-pyrrole nitrogens is 1. The van der Waals surface area contributed by atoms with Crippen LogP contribution in [-0.4, -0.2) is 41.3 Å². The first-order valence-electron chi connectivity index (χ1n) is 8.35. The Morgan fingerprint density at radius 3 is 3.23 bits per heavy atom. The monoisotopic (exact) mass is 297 g/mol. The van der Waals surface area contributed by atoms with Crippen LogP contribution in [0.2, 0.25) is 0 Å². The highest BCUT2D eigenvalue weighted by atomic mass is 16.5. The van der Waals surface area contributed by atoms with Crippen molar-refractivity contribution >= 4 is 0 Å². The molecule has 0 spiro atoms. The van der Waals surface area contributed by atoms with E-state index in [1.807, 2.05) is 6.20 Å². The van der Waals surface area contributed by atoms with E-state index in [4.69, 9.17) is 4.74 Å². The molecule has 1 aromatic carbocycles. The maximum atomic E-state index is 5.58. The summed E-state index contributed by atoms with van der Waals surface area (Å²) in [5.74, 6) is 1.70. The largest absolute Gasteiger partial charge is 0.493 e. The predicted molar refractivity (Wildman–Crippen MR) is 86.3 cm³/mol. The third kappa shape index (κ3) is 2.88. The highest BCUT2D eigenvalue weighted by Gasteiger charge is 2.22. The third-order valence-corrected chi connectivity index (χ3v) is 4.94. The number of nitrogens with one attached hydrogen (secondary N) is 1. The molecule has 1 aromatic heterocycles. The molecule has 0 aliphatic carbocycles. The molecule has 0 saturated carbocycles. The molecule has 0 bridgehead atoms. The molecule has 2 aromatic rings. The summed E-state index contributed by atoms with van der Waals surface area (Å²) >= 11 is 0. The van der Waals surface area contributed by atoms with Crippen LogP contribution < -0.4 is 4.74 Å². The fourth-order valence-electron chi connectivity index (χ4n) is 3.69. The Bertz CT molecular complexity index is 623. The van der Waals surface area contributed by atoms with Crippen molar-refractivity contribution in [2.24, 2.45) is 0 Å². The highest BCUT2D eigenvalue weighted by molar-refractivity contribution is 5.39. The van der Waals surface area contributed by atoms with Gasteiger partial charge < -0.3 is 9.64 Å². The normalized spacial score (nSPS) is 21.5. The van der Waals surface area contributed by atoms with Crippen molar-refractivity contribution in [3.63, 3.8) is 0 Å². The van der Waals surface area contributed by atoms with Crippen LogP contribution in [0.1, 0.15) is 35.6 Å². The zero-order valence-electron chi connectivity index (χ0n) is 12.9. The summed E-state index contributed by atoms with van der Waals surface area (Å²) in [6, 6.07) is 8.81. The standard InChI is InChI=1S/C18H23N3O/c1-2-16(17-5-8-19-20-17)13-21(9-1)10-6-14-3-4-18-15(12-14)7-11-22-18/h3-5,8,12,16H,1-2,6-7,9-11,13H2,(H,19,20)/t16-/m0/s1. The van der Waals surface area contributed by atoms with Gasteiger partial charge in [-0.25, -0.2) is 0 Å². The van der Waals surface area contributed by atoms with Crippen LogP contribution in [0.5, 0.6) is 5.75 Å². The maximum Gasteiger partial charge on any atom is 0.122 e. The molecule has 22 heavy (non-hydrogen) atoms. The molecule has 3 heterocycles. The molecule has 116 valence electrons. The van der Waals surface area contributed by atoms with Crippen LogP contribution in [0.15, 0.2) is 30.5 Å². The van der Waals surface area contributed by atoms with Crippen LogP contribution in [0.3, 0.4) is 0 Å². The molecule has 0 unspecified atom stereocenters. The van der Waals surface area contributed by atoms with Gasteiger partial charge in [0.1, 0.15) is 5.75 Å². The van der Waals surface area contributed by atoms with Crippen molar-refractivity contribution < 1.29 is 4.74 Å². The molecule has 2 aliphatic heterocycles. The van der Waals surface area contributed by atoms with E-state index in [-0.39, 0.29) is 0 Å². The number of nitrogens with zero attached hydrogens (tertiary/aromatic N) is 2. The van der Waals surface area contributed by atoms with E-state index < -0.39 is 0 Å². The van der Waals surface area contributed by atoms with Gasteiger partial charge in [-0.2, -0.15) is 5.10 Å². The van der Waals surface area contributed by atoms with E-state index in [1.165, 1.54) is 36.2 Å². The number of fused-ring (bicyclic) bond motifs is 1. The van der Waals surface area contributed by atoms with Crippen molar-refractivity contribution in [2.75, 3.05) is 26.2 Å². The molecule has 1 atom stereocenters. The lowest BCUT2D eigenvalue weighted by molar-refractivity contribution is 0.208. The quantitative estimate of drug-likeness (QED) is 0.943. The lowest BCUT2D eigenvalue weighted by atomic mass is 9.94. The summed E-state index contributed by atoms with van der Waals surface area (Å²) in [7, 11) is 0. The van der Waals surface area contributed by atoms with Gasteiger partial charge in [-0.05, 0) is 49.1 Å². The van der Waals surface area contributed by atoms with E-state index in [0.29, 0.717) is 5.92 Å². The second kappa shape index (κ2) is 6.13. The Hall–Kier alpha value is -1.81. The van der Waals surface area contributed by atoms with Gasteiger partial charge in [0.25, 0.3) is 0 Å². The molecule has 1 N–H and O–H groups in total. The van der Waals surface area contributed by atoms with Gasteiger partial charge in [0, 0.05) is 37.3 Å². The first-order valence-corrected chi connectivity index (χ1v) is 8.35. The Morgan fingerprint density at radius 2 is 2.32 bits per heavy atom. The first kappa shape index (κ1) is 13.8. The minimum absolute atomic E-state index is 0.615. The van der Waals surface area contributed by atoms with Crippen LogP contribution in [0.4, 0.5) is 0 Å². The van der Waals surface area contributed by atoms with Gasteiger partial charge >= 0.3 is 0 Å². The number of ether oxygens (including phenoxy) is 1. The molecule has 2 aliphatic rings. The van der Waals surface area contributed by atoms with Crippen molar-refractivity contribution in [1.82, 2.24) is 15.1 Å². The summed E-state index contributed by atoms with van der Waals surface area (Å²) < 4.78 is 5.58. The summed E-state index contributed by atoms with van der Waals surface area (Å²) in [6.07, 6.45) is 6.61. The second-order valence-electron chi connectivity index (χ2n) is 6.44. The van der Waals surface area contributed by atoms with E-state index in [1.54, 1.807) is 0 Å². The minimum atomic E-state index is 0.615. The van der Waals surface area contributed by atoms with E-state index in [2.05, 4.69) is 39.4 Å². The molecule has 0 amide bonds. The molecule has 4 rings (SSSR count). The lowest BCUT2D eigenvalue weighted by Crippen LogP contribution is -2.35. The second-order valence-corrected chi connectivity index (χ2v) is 6.44. The van der Waals surface area contributed by atoms with Crippen molar-refractivity contribution in [3.05, 3.63) is 47.3 Å². The number of rotatable bonds is 4. The topological polar surface area (TPSA) is 41.1 Å². The molecule has 1 fully saturated rings. The van der Waals surface area contributed by atoms with Gasteiger partial charge in [-0.1, -0.05) is 12.1 Å². The Balaban J connectivity index is 1.35. The smallest absolute Gasteiger partial charge is 0.122 e. The van der Waals surface area contributed by atoms with Crippen molar-refractivity contribution in [3.8, 4) is 5.75 Å². The number of hydrogen-bond acceptors (Lipinski definition) is 3. The summed E-state index contributed by atoms with van der Waals surface area (Å²) in [6.45, 7) is 4.36. The molecule has 0 radical (unpaired) electrons. The zero-order valence-corrected chi connectivity index (χ0v) is 12.9. The van der Waals surface area contributed by atoms with Gasteiger partial charge in [0.05, 0.1) is 6.61 Å². The number of hydrogen-bond donors (Lipinski definition) is 1. The number of likely N-dealkylation sites (tertiary alicyclic amines) is 1. The number of piperidine rings is 1. The van der Waals surface area contributed by atoms with Crippen LogP contribution >= 0.6 is 0 Å². The number of aromatic nitrogens is 2. The van der Waals surface area contributed by atoms with Crippen LogP contribution in [0.25, 0.3) is 0 Å². The Labute approximate surface area is 131 Å². The van der Waals surface area contributed by atoms with Crippen molar-refractivity contribution in [1.29, 1.82) is 0 Å². The fraction of sp³-hybridized carbons (Fsp3) is 0.500. The highest BCUT2D eigenvalue weighted by Crippen LogP contribution is 2.27. The molecule has 4 nitrogen and oxygen atoms in total. The van der Waals surface area contributed by atoms with Gasteiger partial charge in [0.15, 0.2) is 0 Å². The van der Waals surface area contributed by atoms with Crippen LogP contribution in [0, 0.1) is 0 Å². The van der Waals surface area contributed by atoms with E-state index in [9.17, 15) is 0 Å². The lowest BCUT2D eigenvalue weighted by Gasteiger charge is -2.32. The average molecular weight is 297 g/mol. The maximum absolute atomic E-state index is 5.58. The SMILES string of the molecule is c1cc([C@H]2CCCN(CCc3ccc4c(c3)CCO4)C2)[nH]n1. The summed E-state index contributed by atoms with van der Waals surface area (Å²) in [4.78, 5) is 2.60. The predicted octanol–water partition coefficient (Wildman–Crippen LogP) is 2.77. The Morgan fingerprint density at radius 1 is 1.32 bits per heavy atom. The Kier molecular flexibility index (Phi) is 3.85. The van der Waals surface area contributed by atoms with Gasteiger partial charge in [-0.15, -0.1) is 0 Å². The molecular weight excluding hydrogens is 274 g/mol. The number of benzene rings is 1. The van der Waals surface area contributed by atoms with E-state index >= 15 is 0 Å². The van der Waals surface area contributed by atoms with Gasteiger partial charge in [0.2, 0.25) is 0 Å².